The maximum atomic E-state index is 11.2. The van der Waals surface area contributed by atoms with E-state index in [9.17, 15) is 4.79 Å². The van der Waals surface area contributed by atoms with Crippen LogP contribution in [0.2, 0.25) is 0 Å². The lowest BCUT2D eigenvalue weighted by Crippen LogP contribution is -2.50. The number of urea groups is 1. The summed E-state index contributed by atoms with van der Waals surface area (Å²) < 4.78 is 5.43. The van der Waals surface area contributed by atoms with Crippen LogP contribution in [0.25, 0.3) is 10.8 Å². The molecular weight excluding hydrogens is 266 g/mol. The van der Waals surface area contributed by atoms with E-state index in [1.54, 1.807) is 12.0 Å². The molecule has 0 spiro atoms. The molecule has 5 nitrogen and oxygen atoms in total. The number of methoxy groups -OCH3 is 1. The number of amides is 2. The molecule has 0 aliphatic carbocycles. The Morgan fingerprint density at radius 2 is 1.90 bits per heavy atom. The monoisotopic (exact) mass is 285 g/mol. The molecule has 0 atom stereocenters. The third-order valence-corrected chi connectivity index (χ3v) is 4.00. The van der Waals surface area contributed by atoms with Crippen LogP contribution in [0.1, 0.15) is 0 Å². The lowest BCUT2D eigenvalue weighted by atomic mass is 10.1. The molecule has 0 saturated carbocycles. The zero-order valence-electron chi connectivity index (χ0n) is 12.1. The van der Waals surface area contributed by atoms with E-state index in [1.807, 2.05) is 12.1 Å². The minimum atomic E-state index is -0.338. The number of piperazine rings is 1. The smallest absolute Gasteiger partial charge is 0.314 e. The van der Waals surface area contributed by atoms with Crippen LogP contribution in [0.5, 0.6) is 5.75 Å². The first kappa shape index (κ1) is 13.5. The van der Waals surface area contributed by atoms with E-state index in [0.29, 0.717) is 13.1 Å². The standard InChI is InChI=1S/C16H19N3O2/c1-21-15-4-2-3-12-5-6-13(11-14(12)15)18-7-9-19(10-8-18)16(17)20/h2-6,11H,7-10H2,1H3,(H2,17,20). The van der Waals surface area contributed by atoms with Gasteiger partial charge in [0.15, 0.2) is 0 Å². The van der Waals surface area contributed by atoms with Crippen LogP contribution in [0.3, 0.4) is 0 Å². The fraction of sp³-hybridized carbons (Fsp3) is 0.312. The molecule has 2 aromatic carbocycles. The Balaban J connectivity index is 1.86. The van der Waals surface area contributed by atoms with E-state index in [4.69, 9.17) is 10.5 Å². The highest BCUT2D eigenvalue weighted by atomic mass is 16.5. The van der Waals surface area contributed by atoms with Gasteiger partial charge >= 0.3 is 6.03 Å². The summed E-state index contributed by atoms with van der Waals surface area (Å²) in [6.07, 6.45) is 0. The average Bonchev–Trinajstić information content (AvgIpc) is 2.53. The average molecular weight is 285 g/mol. The van der Waals surface area contributed by atoms with Gasteiger partial charge < -0.3 is 20.3 Å². The van der Waals surface area contributed by atoms with Gasteiger partial charge in [-0.05, 0) is 23.6 Å². The van der Waals surface area contributed by atoms with Crippen molar-refractivity contribution in [3.05, 3.63) is 36.4 Å². The van der Waals surface area contributed by atoms with Gasteiger partial charge in [-0.1, -0.05) is 18.2 Å². The second kappa shape index (κ2) is 5.52. The van der Waals surface area contributed by atoms with Gasteiger partial charge in [-0.15, -0.1) is 0 Å². The van der Waals surface area contributed by atoms with E-state index in [0.717, 1.165) is 35.3 Å². The van der Waals surface area contributed by atoms with E-state index in [1.165, 1.54) is 0 Å². The van der Waals surface area contributed by atoms with Crippen molar-refractivity contribution in [3.63, 3.8) is 0 Å². The maximum Gasteiger partial charge on any atom is 0.314 e. The SMILES string of the molecule is COc1cccc2ccc(N3CCN(C(N)=O)CC3)cc12. The van der Waals surface area contributed by atoms with Crippen molar-refractivity contribution in [1.82, 2.24) is 4.90 Å². The normalized spacial score (nSPS) is 15.3. The molecule has 2 aromatic rings. The summed E-state index contributed by atoms with van der Waals surface area (Å²) in [6.45, 7) is 2.92. The summed E-state index contributed by atoms with van der Waals surface area (Å²) in [5.41, 5.74) is 6.46. The number of carbonyl (C=O) groups is 1. The second-order valence-corrected chi connectivity index (χ2v) is 5.18. The van der Waals surface area contributed by atoms with Crippen LogP contribution in [-0.2, 0) is 0 Å². The van der Waals surface area contributed by atoms with Crippen LogP contribution in [-0.4, -0.2) is 44.2 Å². The predicted molar refractivity (Wildman–Crippen MR) is 83.9 cm³/mol. The number of ether oxygens (including phenoxy) is 1. The molecule has 1 aliphatic rings. The van der Waals surface area contributed by atoms with Crippen molar-refractivity contribution in [2.24, 2.45) is 5.73 Å². The zero-order valence-corrected chi connectivity index (χ0v) is 12.1. The molecule has 5 heteroatoms. The van der Waals surface area contributed by atoms with Crippen molar-refractivity contribution in [2.45, 2.75) is 0 Å². The molecule has 0 unspecified atom stereocenters. The summed E-state index contributed by atoms with van der Waals surface area (Å²) in [6, 6.07) is 12.1. The molecule has 1 saturated heterocycles. The summed E-state index contributed by atoms with van der Waals surface area (Å²) in [5, 5.41) is 2.27. The minimum absolute atomic E-state index is 0.338. The van der Waals surface area contributed by atoms with Crippen molar-refractivity contribution in [3.8, 4) is 5.75 Å². The Labute approximate surface area is 123 Å². The number of nitrogens with two attached hydrogens (primary N) is 1. The number of hydrogen-bond donors (Lipinski definition) is 1. The summed E-state index contributed by atoms with van der Waals surface area (Å²) >= 11 is 0. The molecule has 1 aliphatic heterocycles. The van der Waals surface area contributed by atoms with Gasteiger partial charge in [0.05, 0.1) is 7.11 Å². The summed E-state index contributed by atoms with van der Waals surface area (Å²) in [5.74, 6) is 0.880. The number of rotatable bonds is 2. The number of fused-ring (bicyclic) bond motifs is 1. The highest BCUT2D eigenvalue weighted by Gasteiger charge is 2.19. The topological polar surface area (TPSA) is 58.8 Å². The highest BCUT2D eigenvalue weighted by Crippen LogP contribution is 2.29. The van der Waals surface area contributed by atoms with Gasteiger partial charge in [0.2, 0.25) is 0 Å². The van der Waals surface area contributed by atoms with Gasteiger partial charge in [0, 0.05) is 37.3 Å². The Bertz CT molecular complexity index is 664. The Morgan fingerprint density at radius 1 is 1.14 bits per heavy atom. The molecule has 2 amide bonds. The third-order valence-electron chi connectivity index (χ3n) is 4.00. The number of primary amides is 1. The van der Waals surface area contributed by atoms with E-state index < -0.39 is 0 Å². The lowest BCUT2D eigenvalue weighted by Gasteiger charge is -2.35. The molecule has 110 valence electrons. The first-order valence-electron chi connectivity index (χ1n) is 7.05. The number of nitrogens with zero attached hydrogens (tertiary/aromatic N) is 2. The van der Waals surface area contributed by atoms with Crippen molar-refractivity contribution >= 4 is 22.5 Å². The fourth-order valence-electron chi connectivity index (χ4n) is 2.79. The van der Waals surface area contributed by atoms with Crippen LogP contribution in [0.15, 0.2) is 36.4 Å². The molecule has 0 radical (unpaired) electrons. The summed E-state index contributed by atoms with van der Waals surface area (Å²) in [7, 11) is 1.69. The predicted octanol–water partition coefficient (Wildman–Crippen LogP) is 2.05. The zero-order chi connectivity index (χ0) is 14.8. The van der Waals surface area contributed by atoms with Crippen molar-refractivity contribution in [1.29, 1.82) is 0 Å². The third kappa shape index (κ3) is 2.59. The van der Waals surface area contributed by atoms with Gasteiger partial charge in [-0.3, -0.25) is 0 Å². The van der Waals surface area contributed by atoms with Crippen LogP contribution < -0.4 is 15.4 Å². The Morgan fingerprint density at radius 3 is 2.57 bits per heavy atom. The molecule has 1 heterocycles. The molecule has 1 fully saturated rings. The van der Waals surface area contributed by atoms with Crippen LogP contribution in [0, 0.1) is 0 Å². The van der Waals surface area contributed by atoms with E-state index in [-0.39, 0.29) is 6.03 Å². The minimum Gasteiger partial charge on any atom is -0.496 e. The maximum absolute atomic E-state index is 11.2. The number of carbonyl (C=O) groups excluding carboxylic acids is 1. The lowest BCUT2D eigenvalue weighted by molar-refractivity contribution is 0.204. The first-order valence-corrected chi connectivity index (χ1v) is 7.05. The highest BCUT2D eigenvalue weighted by molar-refractivity contribution is 5.91. The van der Waals surface area contributed by atoms with Crippen LogP contribution in [0.4, 0.5) is 10.5 Å². The summed E-state index contributed by atoms with van der Waals surface area (Å²) in [4.78, 5) is 15.1. The first-order chi connectivity index (χ1) is 10.2. The fourth-order valence-corrected chi connectivity index (χ4v) is 2.79. The van der Waals surface area contributed by atoms with Gasteiger partial charge in [-0.25, -0.2) is 4.79 Å². The van der Waals surface area contributed by atoms with Crippen LogP contribution >= 0.6 is 0 Å². The quantitative estimate of drug-likeness (QED) is 0.918. The molecule has 0 aromatic heterocycles. The van der Waals surface area contributed by atoms with Crippen molar-refractivity contribution in [2.75, 3.05) is 38.2 Å². The van der Waals surface area contributed by atoms with Gasteiger partial charge in [0.1, 0.15) is 5.75 Å². The van der Waals surface area contributed by atoms with E-state index in [2.05, 4.69) is 29.2 Å². The second-order valence-electron chi connectivity index (χ2n) is 5.18. The van der Waals surface area contributed by atoms with Gasteiger partial charge in [-0.2, -0.15) is 0 Å². The molecule has 0 bridgehead atoms. The van der Waals surface area contributed by atoms with Gasteiger partial charge in [0.25, 0.3) is 0 Å². The Kier molecular flexibility index (Phi) is 3.56. The molecule has 3 rings (SSSR count). The molecule has 21 heavy (non-hydrogen) atoms. The largest absolute Gasteiger partial charge is 0.496 e. The Hall–Kier alpha value is -2.43. The molecular formula is C16H19N3O2. The molecule has 2 N–H and O–H groups in total. The number of hydrogen-bond acceptors (Lipinski definition) is 3. The number of anilines is 1. The van der Waals surface area contributed by atoms with E-state index >= 15 is 0 Å². The number of benzene rings is 2. The van der Waals surface area contributed by atoms with Crippen molar-refractivity contribution < 1.29 is 9.53 Å².